The molecule has 0 saturated heterocycles. The minimum atomic E-state index is -0.258. The molecule has 1 amide bonds. The number of carbonyl (C=O) groups is 1. The van der Waals surface area contributed by atoms with Crippen LogP contribution < -0.4 is 11.1 Å². The van der Waals surface area contributed by atoms with Gasteiger partial charge in [0.25, 0.3) is 5.91 Å². The lowest BCUT2D eigenvalue weighted by Gasteiger charge is -2.07. The monoisotopic (exact) mass is 227 g/mol. The molecular weight excluding hydrogens is 214 g/mol. The van der Waals surface area contributed by atoms with Crippen molar-refractivity contribution in [2.75, 3.05) is 11.1 Å². The molecule has 0 unspecified atom stereocenters. The second-order valence-electron chi connectivity index (χ2n) is 3.74. The van der Waals surface area contributed by atoms with Gasteiger partial charge in [-0.1, -0.05) is 18.2 Å². The number of nitrogens with zero attached hydrogens (tertiary/aromatic N) is 1. The highest BCUT2D eigenvalue weighted by Gasteiger charge is 2.08. The quantitative estimate of drug-likeness (QED) is 0.826. The normalized spacial score (nSPS) is 9.94. The number of pyridine rings is 1. The van der Waals surface area contributed by atoms with E-state index >= 15 is 0 Å². The average molecular weight is 227 g/mol. The van der Waals surface area contributed by atoms with Crippen LogP contribution >= 0.6 is 0 Å². The lowest BCUT2D eigenvalue weighted by atomic mass is 10.2. The van der Waals surface area contributed by atoms with Gasteiger partial charge < -0.3 is 11.1 Å². The van der Waals surface area contributed by atoms with Crippen molar-refractivity contribution in [3.8, 4) is 0 Å². The maximum atomic E-state index is 11.9. The molecule has 0 bridgehead atoms. The highest BCUT2D eigenvalue weighted by Crippen LogP contribution is 2.14. The van der Waals surface area contributed by atoms with Gasteiger partial charge in [-0.3, -0.25) is 9.78 Å². The Morgan fingerprint density at radius 3 is 2.76 bits per heavy atom. The molecule has 0 spiro atoms. The average Bonchev–Trinajstić information content (AvgIpc) is 2.32. The summed E-state index contributed by atoms with van der Waals surface area (Å²) in [6.07, 6.45) is 1.52. The molecule has 0 aliphatic rings. The number of aryl methyl sites for hydroxylation is 1. The zero-order valence-electron chi connectivity index (χ0n) is 9.47. The number of hydrogen-bond acceptors (Lipinski definition) is 3. The third kappa shape index (κ3) is 2.60. The fourth-order valence-corrected chi connectivity index (χ4v) is 1.47. The summed E-state index contributed by atoms with van der Waals surface area (Å²) in [5, 5.41) is 2.80. The van der Waals surface area contributed by atoms with Crippen LogP contribution in [0.4, 0.5) is 11.4 Å². The van der Waals surface area contributed by atoms with E-state index in [4.69, 9.17) is 5.73 Å². The molecule has 1 aromatic heterocycles. The smallest absolute Gasteiger partial charge is 0.274 e. The predicted molar refractivity (Wildman–Crippen MR) is 67.8 cm³/mol. The zero-order chi connectivity index (χ0) is 12.3. The molecule has 17 heavy (non-hydrogen) atoms. The second-order valence-corrected chi connectivity index (χ2v) is 3.74. The van der Waals surface area contributed by atoms with Gasteiger partial charge in [0.05, 0.1) is 0 Å². The molecule has 0 radical (unpaired) electrons. The fraction of sp³-hybridized carbons (Fsp3) is 0.0769. The first-order valence-electron chi connectivity index (χ1n) is 5.25. The van der Waals surface area contributed by atoms with Crippen LogP contribution in [-0.4, -0.2) is 10.9 Å². The van der Waals surface area contributed by atoms with E-state index in [1.807, 2.05) is 31.2 Å². The summed E-state index contributed by atoms with van der Waals surface area (Å²) in [6.45, 7) is 1.93. The summed E-state index contributed by atoms with van der Waals surface area (Å²) in [4.78, 5) is 15.9. The minimum absolute atomic E-state index is 0.258. The van der Waals surface area contributed by atoms with E-state index in [2.05, 4.69) is 10.3 Å². The molecule has 1 heterocycles. The molecule has 4 nitrogen and oxygen atoms in total. The molecule has 0 aliphatic heterocycles. The number of benzene rings is 1. The maximum Gasteiger partial charge on any atom is 0.274 e. The Labute approximate surface area is 99.5 Å². The number of nitrogen functional groups attached to an aromatic ring is 1. The van der Waals surface area contributed by atoms with Crippen LogP contribution in [0.2, 0.25) is 0 Å². The van der Waals surface area contributed by atoms with Crippen molar-refractivity contribution < 1.29 is 4.79 Å². The summed E-state index contributed by atoms with van der Waals surface area (Å²) in [5.41, 5.74) is 8.22. The molecule has 2 aromatic rings. The van der Waals surface area contributed by atoms with Crippen molar-refractivity contribution in [1.29, 1.82) is 0 Å². The van der Waals surface area contributed by atoms with E-state index in [0.717, 1.165) is 11.3 Å². The van der Waals surface area contributed by atoms with Crippen molar-refractivity contribution >= 4 is 17.3 Å². The molecule has 1 aromatic carbocycles. The number of rotatable bonds is 2. The Balaban J connectivity index is 2.20. The van der Waals surface area contributed by atoms with Crippen molar-refractivity contribution in [3.63, 3.8) is 0 Å². The number of hydrogen-bond donors (Lipinski definition) is 2. The number of nitrogens with one attached hydrogen (secondary N) is 1. The van der Waals surface area contributed by atoms with Crippen LogP contribution in [0.15, 0.2) is 42.6 Å². The molecular formula is C13H13N3O. The summed E-state index contributed by atoms with van der Waals surface area (Å²) >= 11 is 0. The summed E-state index contributed by atoms with van der Waals surface area (Å²) in [7, 11) is 0. The van der Waals surface area contributed by atoms with Crippen LogP contribution in [0, 0.1) is 6.92 Å². The summed E-state index contributed by atoms with van der Waals surface area (Å²) in [5.74, 6) is -0.258. The van der Waals surface area contributed by atoms with Crippen LogP contribution in [0.25, 0.3) is 0 Å². The molecule has 2 rings (SSSR count). The van der Waals surface area contributed by atoms with Crippen LogP contribution in [0.5, 0.6) is 0 Å². The van der Waals surface area contributed by atoms with Crippen LogP contribution in [-0.2, 0) is 0 Å². The van der Waals surface area contributed by atoms with Gasteiger partial charge in [0, 0.05) is 17.6 Å². The number of anilines is 2. The molecule has 3 N–H and O–H groups in total. The van der Waals surface area contributed by atoms with Crippen LogP contribution in [0.1, 0.15) is 16.1 Å². The van der Waals surface area contributed by atoms with E-state index in [-0.39, 0.29) is 5.91 Å². The first-order valence-corrected chi connectivity index (χ1v) is 5.25. The maximum absolute atomic E-state index is 11.9. The second kappa shape index (κ2) is 4.65. The first kappa shape index (κ1) is 11.1. The van der Waals surface area contributed by atoms with E-state index in [1.54, 1.807) is 12.1 Å². The first-order chi connectivity index (χ1) is 8.16. The SMILES string of the molecule is Cc1ccccc1NC(=O)c1cc(N)ccn1. The van der Waals surface area contributed by atoms with Gasteiger partial charge in [0.2, 0.25) is 0 Å². The third-order valence-electron chi connectivity index (χ3n) is 2.41. The summed E-state index contributed by atoms with van der Waals surface area (Å²) < 4.78 is 0. The largest absolute Gasteiger partial charge is 0.399 e. The standard InChI is InChI=1S/C13H13N3O/c1-9-4-2-3-5-11(9)16-13(17)12-8-10(14)6-7-15-12/h2-8H,1H3,(H2,14,15)(H,16,17). The number of nitrogens with two attached hydrogens (primary N) is 1. The Kier molecular flexibility index (Phi) is 3.05. The van der Waals surface area contributed by atoms with Crippen LogP contribution in [0.3, 0.4) is 0 Å². The number of amides is 1. The topological polar surface area (TPSA) is 68.0 Å². The Morgan fingerprint density at radius 1 is 1.29 bits per heavy atom. The van der Waals surface area contributed by atoms with Gasteiger partial charge in [0.15, 0.2) is 0 Å². The third-order valence-corrected chi connectivity index (χ3v) is 2.41. The van der Waals surface area contributed by atoms with Crippen molar-refractivity contribution in [3.05, 3.63) is 53.9 Å². The molecule has 0 atom stereocenters. The Bertz CT molecular complexity index is 552. The summed E-state index contributed by atoms with van der Waals surface area (Å²) in [6, 6.07) is 10.8. The van der Waals surface area contributed by atoms with Gasteiger partial charge in [-0.05, 0) is 30.7 Å². The van der Waals surface area contributed by atoms with E-state index in [0.29, 0.717) is 11.4 Å². The van der Waals surface area contributed by atoms with Gasteiger partial charge in [0.1, 0.15) is 5.69 Å². The minimum Gasteiger partial charge on any atom is -0.399 e. The van der Waals surface area contributed by atoms with Gasteiger partial charge in [-0.2, -0.15) is 0 Å². The highest BCUT2D eigenvalue weighted by molar-refractivity contribution is 6.03. The van der Waals surface area contributed by atoms with E-state index in [1.165, 1.54) is 6.20 Å². The lowest BCUT2D eigenvalue weighted by Crippen LogP contribution is -2.14. The van der Waals surface area contributed by atoms with Crippen molar-refractivity contribution in [2.45, 2.75) is 6.92 Å². The molecule has 86 valence electrons. The van der Waals surface area contributed by atoms with Crippen molar-refractivity contribution in [2.24, 2.45) is 0 Å². The van der Waals surface area contributed by atoms with E-state index < -0.39 is 0 Å². The highest BCUT2D eigenvalue weighted by atomic mass is 16.1. The molecule has 4 heteroatoms. The lowest BCUT2D eigenvalue weighted by molar-refractivity contribution is 0.102. The van der Waals surface area contributed by atoms with E-state index in [9.17, 15) is 4.79 Å². The van der Waals surface area contributed by atoms with Gasteiger partial charge >= 0.3 is 0 Å². The zero-order valence-corrected chi connectivity index (χ0v) is 9.47. The van der Waals surface area contributed by atoms with Gasteiger partial charge in [-0.15, -0.1) is 0 Å². The Hall–Kier alpha value is -2.36. The molecule has 0 aliphatic carbocycles. The molecule has 0 fully saturated rings. The fourth-order valence-electron chi connectivity index (χ4n) is 1.47. The number of aromatic nitrogens is 1. The van der Waals surface area contributed by atoms with Crippen molar-refractivity contribution in [1.82, 2.24) is 4.98 Å². The molecule has 0 saturated carbocycles. The Morgan fingerprint density at radius 2 is 2.06 bits per heavy atom. The number of para-hydroxylation sites is 1. The predicted octanol–water partition coefficient (Wildman–Crippen LogP) is 2.22. The van der Waals surface area contributed by atoms with Gasteiger partial charge in [-0.25, -0.2) is 0 Å². The number of carbonyl (C=O) groups excluding carboxylic acids is 1.